The number of hydrogen-bond donors (Lipinski definition) is 4. The summed E-state index contributed by atoms with van der Waals surface area (Å²) in [5.74, 6) is -2.59. The number of aliphatic hydroxyl groups is 1. The van der Waals surface area contributed by atoms with Crippen LogP contribution in [0, 0.1) is 0 Å². The summed E-state index contributed by atoms with van der Waals surface area (Å²) < 4.78 is 25.9. The number of carbonyl (C=O) groups is 3. The van der Waals surface area contributed by atoms with Crippen molar-refractivity contribution in [3.8, 4) is 0 Å². The monoisotopic (exact) mass is 593 g/mol. The summed E-state index contributed by atoms with van der Waals surface area (Å²) in [5, 5.41) is 20.8. The zero-order valence-electron chi connectivity index (χ0n) is 24.4. The molecule has 0 saturated carbocycles. The Morgan fingerprint density at radius 1 is 0.800 bits per heavy atom. The zero-order chi connectivity index (χ0) is 30.1. The normalized spacial score (nSPS) is 14.5. The van der Waals surface area contributed by atoms with Gasteiger partial charge in [-0.3, -0.25) is 18.6 Å². The molecule has 3 unspecified atom stereocenters. The minimum atomic E-state index is -4.70. The van der Waals surface area contributed by atoms with Crippen LogP contribution in [-0.2, 0) is 32.7 Å². The number of hydrogen-bond acceptors (Lipinski definition) is 8. The summed E-state index contributed by atoms with van der Waals surface area (Å²) in [5.41, 5.74) is 0. The number of nitrogens with one attached hydrogen (secondary N) is 1. The van der Waals surface area contributed by atoms with Crippen LogP contribution in [0.4, 0.5) is 0 Å². The second-order valence-electron chi connectivity index (χ2n) is 10.0. The molecule has 0 aliphatic rings. The second-order valence-corrected chi connectivity index (χ2v) is 11.5. The highest BCUT2D eigenvalue weighted by atomic mass is 31.2. The van der Waals surface area contributed by atoms with Crippen LogP contribution in [0.5, 0.6) is 0 Å². The predicted molar refractivity (Wildman–Crippen MR) is 153 cm³/mol. The molecule has 0 radical (unpaired) electrons. The molecule has 3 atom stereocenters. The Hall–Kier alpha value is -1.78. The van der Waals surface area contributed by atoms with Crippen LogP contribution >= 0.6 is 7.82 Å². The van der Waals surface area contributed by atoms with Gasteiger partial charge in [-0.1, -0.05) is 83.3 Å². The molecule has 0 heterocycles. The van der Waals surface area contributed by atoms with Crippen LogP contribution in [-0.4, -0.2) is 64.9 Å². The number of esters is 1. The van der Waals surface area contributed by atoms with Crippen molar-refractivity contribution in [1.82, 2.24) is 5.32 Å². The second kappa shape index (κ2) is 25.0. The first-order chi connectivity index (χ1) is 19.1. The average Bonchev–Trinajstić information content (AvgIpc) is 2.90. The van der Waals surface area contributed by atoms with Gasteiger partial charge in [-0.15, -0.1) is 0 Å². The van der Waals surface area contributed by atoms with Crippen LogP contribution < -0.4 is 5.32 Å². The van der Waals surface area contributed by atoms with Crippen molar-refractivity contribution >= 4 is 25.7 Å². The van der Waals surface area contributed by atoms with Gasteiger partial charge in [0, 0.05) is 13.3 Å². The number of allylic oxidation sites excluding steroid dienone is 2. The number of rotatable bonds is 27. The van der Waals surface area contributed by atoms with Gasteiger partial charge in [0.25, 0.3) is 0 Å². The number of carbonyl (C=O) groups excluding carboxylic acids is 2. The van der Waals surface area contributed by atoms with E-state index in [9.17, 15) is 28.9 Å². The van der Waals surface area contributed by atoms with Crippen LogP contribution in [0.15, 0.2) is 12.2 Å². The summed E-state index contributed by atoms with van der Waals surface area (Å²) in [6.45, 7) is 1.42. The average molecular weight is 594 g/mol. The molecule has 0 spiro atoms. The fourth-order valence-electron chi connectivity index (χ4n) is 3.81. The molecular weight excluding hydrogens is 541 g/mol. The molecule has 0 aromatic carbocycles. The van der Waals surface area contributed by atoms with Gasteiger partial charge >= 0.3 is 19.8 Å². The Morgan fingerprint density at radius 2 is 1.30 bits per heavy atom. The third kappa shape index (κ3) is 25.2. The molecular formula is C28H52NO10P. The Bertz CT molecular complexity index is 761. The van der Waals surface area contributed by atoms with E-state index >= 15 is 0 Å². The van der Waals surface area contributed by atoms with Gasteiger partial charge in [-0.05, 0) is 32.1 Å². The first-order valence-electron chi connectivity index (χ1n) is 14.7. The highest BCUT2D eigenvalue weighted by molar-refractivity contribution is 7.47. The lowest BCUT2D eigenvalue weighted by Crippen LogP contribution is -2.42. The molecule has 0 aliphatic heterocycles. The van der Waals surface area contributed by atoms with Crippen molar-refractivity contribution < 1.29 is 47.8 Å². The van der Waals surface area contributed by atoms with E-state index in [4.69, 9.17) is 9.84 Å². The maximum Gasteiger partial charge on any atom is 0.472 e. The summed E-state index contributed by atoms with van der Waals surface area (Å²) in [4.78, 5) is 43.4. The van der Waals surface area contributed by atoms with Gasteiger partial charge in [0.15, 0.2) is 6.04 Å². The van der Waals surface area contributed by atoms with Gasteiger partial charge in [-0.2, -0.15) is 0 Å². The van der Waals surface area contributed by atoms with E-state index in [1.807, 2.05) is 5.32 Å². The van der Waals surface area contributed by atoms with Crippen molar-refractivity contribution in [2.75, 3.05) is 19.8 Å². The number of unbranched alkanes of at least 4 members (excludes halogenated alkanes) is 13. The summed E-state index contributed by atoms with van der Waals surface area (Å²) in [6.07, 6.45) is 21.2. The van der Waals surface area contributed by atoms with E-state index in [1.165, 1.54) is 64.2 Å². The lowest BCUT2D eigenvalue weighted by Gasteiger charge is -2.18. The van der Waals surface area contributed by atoms with Crippen molar-refractivity contribution in [3.63, 3.8) is 0 Å². The van der Waals surface area contributed by atoms with Crippen LogP contribution in [0.1, 0.15) is 117 Å². The maximum absolute atomic E-state index is 11.8. The fraction of sp³-hybridized carbons (Fsp3) is 0.821. The first kappa shape index (κ1) is 38.2. The lowest BCUT2D eigenvalue weighted by atomic mass is 10.1. The molecule has 11 nitrogen and oxygen atoms in total. The number of ether oxygens (including phenoxy) is 1. The van der Waals surface area contributed by atoms with Crippen molar-refractivity contribution in [3.05, 3.63) is 12.2 Å². The molecule has 0 saturated heterocycles. The van der Waals surface area contributed by atoms with Crippen molar-refractivity contribution in [2.24, 2.45) is 0 Å². The Morgan fingerprint density at radius 3 is 1.82 bits per heavy atom. The molecule has 0 bridgehead atoms. The molecule has 0 fully saturated rings. The SMILES string of the molecule is CCCCCCCC/C=C\CCCCCCCCCC(=O)OCC(O)COP(=O)(O)OCC(NC(C)=O)C(=O)O. The highest BCUT2D eigenvalue weighted by Gasteiger charge is 2.28. The number of carboxylic acids is 1. The van der Waals surface area contributed by atoms with E-state index in [0.717, 1.165) is 32.6 Å². The molecule has 0 aliphatic carbocycles. The van der Waals surface area contributed by atoms with Crippen LogP contribution in [0.3, 0.4) is 0 Å². The number of aliphatic carboxylic acids is 1. The van der Waals surface area contributed by atoms with E-state index < -0.39 is 57.6 Å². The number of phosphoric ester groups is 1. The highest BCUT2D eigenvalue weighted by Crippen LogP contribution is 2.43. The molecule has 40 heavy (non-hydrogen) atoms. The van der Waals surface area contributed by atoms with E-state index in [2.05, 4.69) is 28.1 Å². The molecule has 0 aromatic rings. The third-order valence-electron chi connectivity index (χ3n) is 6.09. The number of carboxylic acid groups (broad SMARTS) is 1. The predicted octanol–water partition coefficient (Wildman–Crippen LogP) is 5.43. The Labute approximate surface area is 239 Å². The molecule has 234 valence electrons. The van der Waals surface area contributed by atoms with E-state index in [1.54, 1.807) is 0 Å². The number of amides is 1. The van der Waals surface area contributed by atoms with E-state index in [0.29, 0.717) is 6.42 Å². The minimum absolute atomic E-state index is 0.221. The molecule has 0 rings (SSSR count). The fourth-order valence-corrected chi connectivity index (χ4v) is 4.58. The van der Waals surface area contributed by atoms with Gasteiger partial charge in [0.2, 0.25) is 5.91 Å². The summed E-state index contributed by atoms with van der Waals surface area (Å²) >= 11 is 0. The van der Waals surface area contributed by atoms with E-state index in [-0.39, 0.29) is 6.42 Å². The molecule has 0 aromatic heterocycles. The molecule has 4 N–H and O–H groups in total. The number of phosphoric acid groups is 1. The minimum Gasteiger partial charge on any atom is -0.480 e. The smallest absolute Gasteiger partial charge is 0.472 e. The molecule has 1 amide bonds. The summed E-state index contributed by atoms with van der Waals surface area (Å²) in [6, 6.07) is -1.54. The Balaban J connectivity index is 3.71. The van der Waals surface area contributed by atoms with Gasteiger partial charge in [0.1, 0.15) is 12.7 Å². The largest absolute Gasteiger partial charge is 0.480 e. The van der Waals surface area contributed by atoms with Gasteiger partial charge in [0.05, 0.1) is 13.2 Å². The topological polar surface area (TPSA) is 169 Å². The maximum atomic E-state index is 11.8. The van der Waals surface area contributed by atoms with Gasteiger partial charge in [-0.25, -0.2) is 9.36 Å². The third-order valence-corrected chi connectivity index (χ3v) is 7.04. The van der Waals surface area contributed by atoms with Crippen LogP contribution in [0.2, 0.25) is 0 Å². The van der Waals surface area contributed by atoms with Crippen molar-refractivity contribution in [1.29, 1.82) is 0 Å². The lowest BCUT2D eigenvalue weighted by molar-refractivity contribution is -0.147. The summed E-state index contributed by atoms with van der Waals surface area (Å²) in [7, 11) is -4.70. The standard InChI is InChI=1S/C28H52NO10P/c1-3-4-5-6-7-8-9-10-11-12-13-14-15-16-17-18-19-20-27(32)37-21-25(31)22-38-40(35,36)39-23-26(28(33)34)29-24(2)30/h10-11,25-26,31H,3-9,12-23H2,1-2H3,(H,29,30)(H,33,34)(H,35,36)/b11-10-. The van der Waals surface area contributed by atoms with Crippen LogP contribution in [0.25, 0.3) is 0 Å². The number of aliphatic hydroxyl groups excluding tert-OH is 1. The van der Waals surface area contributed by atoms with Gasteiger partial charge < -0.3 is 25.2 Å². The molecule has 12 heteroatoms. The Kier molecular flexibility index (Phi) is 23.9. The zero-order valence-corrected chi connectivity index (χ0v) is 25.3. The van der Waals surface area contributed by atoms with Crippen molar-refractivity contribution in [2.45, 2.75) is 129 Å². The first-order valence-corrected chi connectivity index (χ1v) is 16.2. The quantitative estimate of drug-likeness (QED) is 0.0417.